The van der Waals surface area contributed by atoms with Crippen LogP contribution in [0.2, 0.25) is 0 Å². The Hall–Kier alpha value is -3.48. The first kappa shape index (κ1) is 28.1. The highest BCUT2D eigenvalue weighted by Gasteiger charge is 2.27. The zero-order valence-electron chi connectivity index (χ0n) is 23.1. The molecule has 1 aliphatic heterocycles. The van der Waals surface area contributed by atoms with Crippen molar-refractivity contribution in [1.82, 2.24) is 0 Å². The van der Waals surface area contributed by atoms with E-state index in [2.05, 4.69) is 6.08 Å². The summed E-state index contributed by atoms with van der Waals surface area (Å²) in [5.41, 5.74) is 2.68. The smallest absolute Gasteiger partial charge is 0.485 e. The number of carbonyl (C=O) groups is 2. The molecule has 37 heavy (non-hydrogen) atoms. The van der Waals surface area contributed by atoms with Crippen LogP contribution in [0.1, 0.15) is 84.6 Å². The summed E-state index contributed by atoms with van der Waals surface area (Å²) in [4.78, 5) is 24.4. The third kappa shape index (κ3) is 8.55. The number of hydrogen-bond donors (Lipinski definition) is 0. The average molecular weight is 511 g/mol. The van der Waals surface area contributed by atoms with Gasteiger partial charge in [-0.15, -0.1) is 0 Å². The van der Waals surface area contributed by atoms with Crippen molar-refractivity contribution in [2.45, 2.75) is 92.0 Å². The molecule has 0 radical (unpaired) electrons. The van der Waals surface area contributed by atoms with Crippen LogP contribution in [0.25, 0.3) is 0 Å². The highest BCUT2D eigenvalue weighted by Crippen LogP contribution is 2.42. The summed E-state index contributed by atoms with van der Waals surface area (Å²) < 4.78 is 28.0. The Morgan fingerprint density at radius 3 is 2.05 bits per heavy atom. The van der Waals surface area contributed by atoms with Crippen molar-refractivity contribution in [2.75, 3.05) is 0 Å². The van der Waals surface area contributed by atoms with E-state index >= 15 is 0 Å². The van der Waals surface area contributed by atoms with E-state index in [0.717, 1.165) is 40.9 Å². The maximum absolute atomic E-state index is 12.4. The van der Waals surface area contributed by atoms with Crippen LogP contribution in [-0.2, 0) is 22.3 Å². The molecule has 0 fully saturated rings. The van der Waals surface area contributed by atoms with Gasteiger partial charge in [-0.1, -0.05) is 29.8 Å². The fourth-order valence-corrected chi connectivity index (χ4v) is 3.80. The largest absolute Gasteiger partial charge is 0.514 e. The Morgan fingerprint density at radius 2 is 1.49 bits per heavy atom. The summed E-state index contributed by atoms with van der Waals surface area (Å²) in [5.74, 6) is 1.54. The molecule has 0 saturated carbocycles. The molecule has 0 aliphatic carbocycles. The lowest BCUT2D eigenvalue weighted by Gasteiger charge is -2.29. The van der Waals surface area contributed by atoms with E-state index in [0.29, 0.717) is 17.9 Å². The molecule has 1 atom stereocenters. The molecule has 7 nitrogen and oxygen atoms in total. The monoisotopic (exact) mass is 510 g/mol. The van der Waals surface area contributed by atoms with Crippen LogP contribution in [0.4, 0.5) is 9.59 Å². The molecular formula is C30H38O7. The van der Waals surface area contributed by atoms with Gasteiger partial charge in [-0.05, 0) is 104 Å². The minimum atomic E-state index is -0.751. The van der Waals surface area contributed by atoms with Crippen molar-refractivity contribution >= 4 is 12.3 Å². The van der Waals surface area contributed by atoms with E-state index in [1.807, 2.05) is 38.1 Å². The molecule has 0 aromatic heterocycles. The van der Waals surface area contributed by atoms with Gasteiger partial charge in [-0.3, -0.25) is 0 Å². The van der Waals surface area contributed by atoms with Crippen LogP contribution < -0.4 is 14.2 Å². The topological polar surface area (TPSA) is 80.3 Å². The number of allylic oxidation sites excluding steroid dienone is 2. The molecule has 1 aliphatic rings. The van der Waals surface area contributed by atoms with Gasteiger partial charge in [-0.25, -0.2) is 9.59 Å². The lowest BCUT2D eigenvalue weighted by atomic mass is 9.94. The third-order valence-electron chi connectivity index (χ3n) is 5.37. The Kier molecular flexibility index (Phi) is 8.57. The van der Waals surface area contributed by atoms with Gasteiger partial charge < -0.3 is 23.7 Å². The Balaban J connectivity index is 1.82. The Labute approximate surface area is 219 Å². The fraction of sp³-hybridized carbons (Fsp3) is 0.467. The Bertz CT molecular complexity index is 1140. The quantitative estimate of drug-likeness (QED) is 0.230. The number of carbonyl (C=O) groups excluding carboxylic acids is 2. The second-order valence-corrected chi connectivity index (χ2v) is 11.4. The van der Waals surface area contributed by atoms with E-state index in [4.69, 9.17) is 23.7 Å². The second-order valence-electron chi connectivity index (χ2n) is 11.4. The van der Waals surface area contributed by atoms with Crippen molar-refractivity contribution in [3.63, 3.8) is 0 Å². The fourth-order valence-electron chi connectivity index (χ4n) is 3.80. The zero-order chi connectivity index (χ0) is 27.4. The maximum Gasteiger partial charge on any atom is 0.514 e. The molecule has 3 rings (SSSR count). The second kappa shape index (κ2) is 11.3. The summed E-state index contributed by atoms with van der Waals surface area (Å²) in [6.45, 7) is 14.8. The van der Waals surface area contributed by atoms with Crippen molar-refractivity contribution in [1.29, 1.82) is 0 Å². The van der Waals surface area contributed by atoms with Gasteiger partial charge in [0.05, 0.1) is 0 Å². The summed E-state index contributed by atoms with van der Waals surface area (Å²) in [6.07, 6.45) is 2.53. The molecule has 7 heteroatoms. The molecular weight excluding hydrogens is 472 g/mol. The van der Waals surface area contributed by atoms with Gasteiger partial charge in [0.15, 0.2) is 0 Å². The number of rotatable bonds is 5. The first-order valence-corrected chi connectivity index (χ1v) is 12.6. The van der Waals surface area contributed by atoms with E-state index in [9.17, 15) is 9.59 Å². The molecule has 0 spiro atoms. The minimum absolute atomic E-state index is 0.203. The van der Waals surface area contributed by atoms with Gasteiger partial charge >= 0.3 is 12.3 Å². The van der Waals surface area contributed by atoms with Crippen molar-refractivity contribution < 1.29 is 33.3 Å². The molecule has 2 aromatic rings. The maximum atomic E-state index is 12.4. The molecule has 2 aromatic carbocycles. The number of hydrogen-bond acceptors (Lipinski definition) is 7. The Morgan fingerprint density at radius 1 is 0.892 bits per heavy atom. The number of benzene rings is 2. The highest BCUT2D eigenvalue weighted by molar-refractivity contribution is 5.67. The normalized spacial score (nSPS) is 15.1. The molecule has 1 heterocycles. The van der Waals surface area contributed by atoms with Crippen LogP contribution in [-0.4, -0.2) is 23.5 Å². The van der Waals surface area contributed by atoms with Gasteiger partial charge in [-0.2, -0.15) is 0 Å². The third-order valence-corrected chi connectivity index (χ3v) is 5.37. The standard InChI is InChI=1S/C30H38O7/c1-19(2)9-16-23-25(35-28(32)37-30(6,7)8)18-13-21-12-17-24(34-26(21)23)20-10-14-22(15-11-20)33-27(31)36-29(3,4)5/h9-11,13-15,18,24H,12,16-17H2,1-8H3/t24-/m0/s1. The SMILES string of the molecule is CC(C)=CCc1c(OC(=O)OC(C)(C)C)ccc2c1O[C@H](c1ccc(OC(=O)OC(C)(C)C)cc1)CC2. The summed E-state index contributed by atoms with van der Waals surface area (Å²) in [5, 5.41) is 0. The average Bonchev–Trinajstić information content (AvgIpc) is 2.75. The molecule has 0 saturated heterocycles. The lowest BCUT2D eigenvalue weighted by Crippen LogP contribution is -2.26. The van der Waals surface area contributed by atoms with E-state index < -0.39 is 23.5 Å². The van der Waals surface area contributed by atoms with Crippen molar-refractivity contribution in [3.05, 3.63) is 64.7 Å². The van der Waals surface area contributed by atoms with E-state index in [1.54, 1.807) is 53.7 Å². The summed E-state index contributed by atoms with van der Waals surface area (Å²) in [6, 6.07) is 11.0. The van der Waals surface area contributed by atoms with Gasteiger partial charge in [0.1, 0.15) is 34.6 Å². The summed E-state index contributed by atoms with van der Waals surface area (Å²) >= 11 is 0. The molecule has 0 N–H and O–H groups in total. The van der Waals surface area contributed by atoms with E-state index in [-0.39, 0.29) is 6.10 Å². The van der Waals surface area contributed by atoms with Crippen molar-refractivity contribution in [3.8, 4) is 17.2 Å². The highest BCUT2D eigenvalue weighted by atomic mass is 16.7. The zero-order valence-corrected chi connectivity index (χ0v) is 23.1. The molecule has 0 bridgehead atoms. The minimum Gasteiger partial charge on any atom is -0.485 e. The first-order valence-electron chi connectivity index (χ1n) is 12.6. The van der Waals surface area contributed by atoms with Gasteiger partial charge in [0, 0.05) is 5.56 Å². The predicted molar refractivity (Wildman–Crippen MR) is 141 cm³/mol. The van der Waals surface area contributed by atoms with Crippen LogP contribution >= 0.6 is 0 Å². The molecule has 0 amide bonds. The number of fused-ring (bicyclic) bond motifs is 1. The van der Waals surface area contributed by atoms with E-state index in [1.165, 1.54) is 0 Å². The lowest BCUT2D eigenvalue weighted by molar-refractivity contribution is 0.0191. The molecule has 0 unspecified atom stereocenters. The van der Waals surface area contributed by atoms with Gasteiger partial charge in [0.2, 0.25) is 0 Å². The predicted octanol–water partition coefficient (Wildman–Crippen LogP) is 7.89. The first-order chi connectivity index (χ1) is 17.2. The van der Waals surface area contributed by atoms with Gasteiger partial charge in [0.25, 0.3) is 0 Å². The number of aryl methyl sites for hydroxylation is 1. The van der Waals surface area contributed by atoms with Crippen LogP contribution in [0.5, 0.6) is 17.2 Å². The van der Waals surface area contributed by atoms with Crippen LogP contribution in [0, 0.1) is 0 Å². The van der Waals surface area contributed by atoms with Crippen molar-refractivity contribution in [2.24, 2.45) is 0 Å². The molecule has 200 valence electrons. The summed E-state index contributed by atoms with van der Waals surface area (Å²) in [7, 11) is 0. The van der Waals surface area contributed by atoms with Crippen LogP contribution in [0.15, 0.2) is 48.0 Å². The van der Waals surface area contributed by atoms with Crippen LogP contribution in [0.3, 0.4) is 0 Å². The number of ether oxygens (including phenoxy) is 5.